The van der Waals surface area contributed by atoms with Gasteiger partial charge in [0, 0.05) is 41.3 Å². The minimum Gasteiger partial charge on any atom is -0.265 e. The highest BCUT2D eigenvalue weighted by Crippen LogP contribution is 2.27. The molecule has 3 heterocycles. The number of thiazole rings is 1. The number of hydrogen-bond acceptors (Lipinski definition) is 4. The van der Waals surface area contributed by atoms with Gasteiger partial charge in [-0.05, 0) is 24.3 Å². The summed E-state index contributed by atoms with van der Waals surface area (Å²) >= 11 is 1.64. The maximum Gasteiger partial charge on any atom is 0.124 e. The molecule has 0 aliphatic carbocycles. The molecule has 0 aliphatic rings. The van der Waals surface area contributed by atoms with Gasteiger partial charge in [-0.1, -0.05) is 0 Å². The van der Waals surface area contributed by atoms with Crippen LogP contribution in [0, 0.1) is 0 Å². The normalized spacial score (nSPS) is 10.4. The second-order valence-electron chi connectivity index (χ2n) is 3.51. The van der Waals surface area contributed by atoms with Crippen molar-refractivity contribution in [3.63, 3.8) is 0 Å². The highest BCUT2D eigenvalue weighted by atomic mass is 32.1. The van der Waals surface area contributed by atoms with Gasteiger partial charge in [0.2, 0.25) is 0 Å². The Labute approximate surface area is 103 Å². The molecule has 3 aromatic rings. The quantitative estimate of drug-likeness (QED) is 0.689. The lowest BCUT2D eigenvalue weighted by atomic mass is 10.2. The molecule has 4 heteroatoms. The fraction of sp³-hybridized carbons (Fsp3) is 0. The molecule has 17 heavy (non-hydrogen) atoms. The van der Waals surface area contributed by atoms with Crippen molar-refractivity contribution in [2.24, 2.45) is 0 Å². The van der Waals surface area contributed by atoms with E-state index in [0.29, 0.717) is 0 Å². The molecule has 0 atom stereocenters. The predicted octanol–water partition coefficient (Wildman–Crippen LogP) is 3.27. The number of rotatable bonds is 2. The van der Waals surface area contributed by atoms with Crippen LogP contribution >= 0.6 is 11.3 Å². The van der Waals surface area contributed by atoms with Gasteiger partial charge in [-0.2, -0.15) is 0 Å². The van der Waals surface area contributed by atoms with E-state index in [1.165, 1.54) is 0 Å². The highest BCUT2D eigenvalue weighted by molar-refractivity contribution is 7.13. The number of aromatic nitrogens is 3. The van der Waals surface area contributed by atoms with Crippen LogP contribution in [0.4, 0.5) is 0 Å². The Hall–Kier alpha value is -2.07. The van der Waals surface area contributed by atoms with Gasteiger partial charge in [-0.3, -0.25) is 9.97 Å². The van der Waals surface area contributed by atoms with Gasteiger partial charge >= 0.3 is 0 Å². The summed E-state index contributed by atoms with van der Waals surface area (Å²) in [5.41, 5.74) is 3.19. The van der Waals surface area contributed by atoms with Crippen molar-refractivity contribution in [2.75, 3.05) is 0 Å². The van der Waals surface area contributed by atoms with Crippen molar-refractivity contribution < 1.29 is 0 Å². The maximum atomic E-state index is 4.61. The molecule has 3 aromatic heterocycles. The SMILES string of the molecule is c1cc(-c2csc(-c3ccncc3)n2)ccn1. The third-order valence-corrected chi connectivity index (χ3v) is 3.30. The van der Waals surface area contributed by atoms with E-state index < -0.39 is 0 Å². The van der Waals surface area contributed by atoms with Gasteiger partial charge in [0.25, 0.3) is 0 Å². The van der Waals surface area contributed by atoms with Crippen molar-refractivity contribution in [1.29, 1.82) is 0 Å². The summed E-state index contributed by atoms with van der Waals surface area (Å²) < 4.78 is 0. The summed E-state index contributed by atoms with van der Waals surface area (Å²) in [4.78, 5) is 12.6. The Balaban J connectivity index is 1.99. The van der Waals surface area contributed by atoms with Crippen molar-refractivity contribution in [2.45, 2.75) is 0 Å². The lowest BCUT2D eigenvalue weighted by Gasteiger charge is -1.95. The first kappa shape index (κ1) is 10.1. The van der Waals surface area contributed by atoms with Crippen molar-refractivity contribution >= 4 is 11.3 Å². The molecule has 82 valence electrons. The van der Waals surface area contributed by atoms with Crippen LogP contribution in [-0.2, 0) is 0 Å². The van der Waals surface area contributed by atoms with E-state index in [0.717, 1.165) is 21.8 Å². The van der Waals surface area contributed by atoms with E-state index in [-0.39, 0.29) is 0 Å². The topological polar surface area (TPSA) is 38.7 Å². The Morgan fingerprint density at radius 2 is 1.35 bits per heavy atom. The Morgan fingerprint density at radius 1 is 0.765 bits per heavy atom. The molecule has 3 rings (SSSR count). The van der Waals surface area contributed by atoms with E-state index in [9.17, 15) is 0 Å². The summed E-state index contributed by atoms with van der Waals surface area (Å²) in [7, 11) is 0. The molecule has 0 amide bonds. The molecule has 0 spiro atoms. The van der Waals surface area contributed by atoms with Crippen LogP contribution in [0.1, 0.15) is 0 Å². The molecule has 0 fully saturated rings. The average Bonchev–Trinajstić information content (AvgIpc) is 2.90. The zero-order valence-corrected chi connectivity index (χ0v) is 9.76. The summed E-state index contributed by atoms with van der Waals surface area (Å²) in [5.74, 6) is 0. The third kappa shape index (κ3) is 2.07. The van der Waals surface area contributed by atoms with Gasteiger partial charge in [-0.25, -0.2) is 4.98 Å². The minimum absolute atomic E-state index is 0.990. The number of nitrogens with zero attached hydrogens (tertiary/aromatic N) is 3. The molecule has 0 saturated heterocycles. The standard InChI is InChI=1S/C13H9N3S/c1-5-14-6-2-10(1)12-9-17-13(16-12)11-3-7-15-8-4-11/h1-9H. The van der Waals surface area contributed by atoms with Crippen molar-refractivity contribution in [3.05, 3.63) is 54.4 Å². The lowest BCUT2D eigenvalue weighted by Crippen LogP contribution is -1.80. The van der Waals surface area contributed by atoms with E-state index >= 15 is 0 Å². The molecule has 0 N–H and O–H groups in total. The summed E-state index contributed by atoms with van der Waals surface area (Å²) in [6, 6.07) is 7.86. The zero-order valence-electron chi connectivity index (χ0n) is 8.95. The second kappa shape index (κ2) is 4.43. The smallest absolute Gasteiger partial charge is 0.124 e. The molecule has 0 aliphatic heterocycles. The van der Waals surface area contributed by atoms with Crippen LogP contribution in [0.25, 0.3) is 21.8 Å². The molecule has 0 bridgehead atoms. The van der Waals surface area contributed by atoms with Crippen LogP contribution in [0.15, 0.2) is 54.4 Å². The molecule has 0 radical (unpaired) electrons. The Morgan fingerprint density at radius 3 is 2.00 bits per heavy atom. The second-order valence-corrected chi connectivity index (χ2v) is 4.37. The van der Waals surface area contributed by atoms with Gasteiger partial charge in [0.15, 0.2) is 0 Å². The largest absolute Gasteiger partial charge is 0.265 e. The van der Waals surface area contributed by atoms with Gasteiger partial charge in [0.1, 0.15) is 5.01 Å². The van der Waals surface area contributed by atoms with E-state index in [1.807, 2.05) is 24.3 Å². The molecular formula is C13H9N3S. The maximum absolute atomic E-state index is 4.61. The molecule has 3 nitrogen and oxygen atoms in total. The van der Waals surface area contributed by atoms with Crippen LogP contribution in [0.5, 0.6) is 0 Å². The van der Waals surface area contributed by atoms with Gasteiger partial charge in [0.05, 0.1) is 5.69 Å². The van der Waals surface area contributed by atoms with E-state index in [2.05, 4.69) is 20.3 Å². The van der Waals surface area contributed by atoms with Crippen LogP contribution in [0.2, 0.25) is 0 Å². The Kier molecular flexibility index (Phi) is 2.63. The van der Waals surface area contributed by atoms with Gasteiger partial charge < -0.3 is 0 Å². The highest BCUT2D eigenvalue weighted by Gasteiger charge is 2.05. The minimum atomic E-state index is 0.990. The first-order valence-corrected chi connectivity index (χ1v) is 6.08. The zero-order chi connectivity index (χ0) is 11.5. The van der Waals surface area contributed by atoms with Crippen LogP contribution in [0.3, 0.4) is 0 Å². The average molecular weight is 239 g/mol. The van der Waals surface area contributed by atoms with Gasteiger partial charge in [-0.15, -0.1) is 11.3 Å². The lowest BCUT2D eigenvalue weighted by molar-refractivity contribution is 1.30. The van der Waals surface area contributed by atoms with E-state index in [4.69, 9.17) is 0 Å². The molecule has 0 saturated carbocycles. The molecule has 0 unspecified atom stereocenters. The molecular weight excluding hydrogens is 230 g/mol. The first-order chi connectivity index (χ1) is 8.43. The first-order valence-electron chi connectivity index (χ1n) is 5.20. The molecule has 0 aromatic carbocycles. The number of hydrogen-bond donors (Lipinski definition) is 0. The fourth-order valence-electron chi connectivity index (χ4n) is 1.56. The summed E-state index contributed by atoms with van der Waals surface area (Å²) in [6.45, 7) is 0. The Bertz CT molecular complexity index is 551. The number of pyridine rings is 2. The third-order valence-electron chi connectivity index (χ3n) is 2.41. The van der Waals surface area contributed by atoms with Crippen molar-refractivity contribution in [1.82, 2.24) is 15.0 Å². The monoisotopic (exact) mass is 239 g/mol. The predicted molar refractivity (Wildman–Crippen MR) is 68.6 cm³/mol. The summed E-state index contributed by atoms with van der Waals surface area (Å²) in [5, 5.41) is 3.07. The summed E-state index contributed by atoms with van der Waals surface area (Å²) in [6.07, 6.45) is 7.12. The fourth-order valence-corrected chi connectivity index (χ4v) is 2.39. The van der Waals surface area contributed by atoms with Crippen LogP contribution in [-0.4, -0.2) is 15.0 Å². The van der Waals surface area contributed by atoms with E-state index in [1.54, 1.807) is 36.1 Å². The van der Waals surface area contributed by atoms with Crippen molar-refractivity contribution in [3.8, 4) is 21.8 Å². The van der Waals surface area contributed by atoms with Crippen LogP contribution < -0.4 is 0 Å².